The molecule has 19 heavy (non-hydrogen) atoms. The van der Waals surface area contributed by atoms with Gasteiger partial charge in [0.25, 0.3) is 5.91 Å². The van der Waals surface area contributed by atoms with Crippen LogP contribution in [0.25, 0.3) is 0 Å². The second-order valence-electron chi connectivity index (χ2n) is 5.14. The molecule has 5 heteroatoms. The molecule has 0 unspecified atom stereocenters. The minimum absolute atomic E-state index is 0.146. The van der Waals surface area contributed by atoms with Crippen molar-refractivity contribution in [1.29, 1.82) is 0 Å². The average Bonchev–Trinajstić information content (AvgIpc) is 2.33. The van der Waals surface area contributed by atoms with Crippen LogP contribution in [-0.4, -0.2) is 41.0 Å². The monoisotopic (exact) mass is 264 g/mol. The molecular formula is C14H24N4O. The lowest BCUT2D eigenvalue weighted by Crippen LogP contribution is -2.42. The Hall–Kier alpha value is -1.62. The van der Waals surface area contributed by atoms with Gasteiger partial charge in [0, 0.05) is 31.4 Å². The molecule has 1 aromatic heterocycles. The van der Waals surface area contributed by atoms with E-state index in [4.69, 9.17) is 5.73 Å². The van der Waals surface area contributed by atoms with E-state index >= 15 is 0 Å². The van der Waals surface area contributed by atoms with Crippen molar-refractivity contribution in [1.82, 2.24) is 15.2 Å². The first kappa shape index (κ1) is 15.4. The molecule has 0 fully saturated rings. The molecule has 5 nitrogen and oxygen atoms in total. The predicted molar refractivity (Wildman–Crippen MR) is 78.0 cm³/mol. The first-order valence-electron chi connectivity index (χ1n) is 6.67. The second-order valence-corrected chi connectivity index (χ2v) is 5.14. The van der Waals surface area contributed by atoms with Gasteiger partial charge in [-0.2, -0.15) is 0 Å². The Morgan fingerprint density at radius 2 is 2.00 bits per heavy atom. The number of rotatable bonds is 6. The summed E-state index contributed by atoms with van der Waals surface area (Å²) in [4.78, 5) is 18.1. The fourth-order valence-corrected chi connectivity index (χ4v) is 2.12. The number of carbonyl (C=O) groups is 1. The zero-order valence-corrected chi connectivity index (χ0v) is 12.2. The van der Waals surface area contributed by atoms with E-state index in [-0.39, 0.29) is 5.91 Å². The fourth-order valence-electron chi connectivity index (χ4n) is 2.12. The molecule has 1 amide bonds. The van der Waals surface area contributed by atoms with Crippen LogP contribution in [0.1, 0.15) is 38.1 Å². The van der Waals surface area contributed by atoms with Gasteiger partial charge in [-0.3, -0.25) is 14.7 Å². The van der Waals surface area contributed by atoms with Gasteiger partial charge in [0.1, 0.15) is 0 Å². The van der Waals surface area contributed by atoms with E-state index in [1.165, 1.54) is 6.20 Å². The summed E-state index contributed by atoms with van der Waals surface area (Å²) in [6.45, 7) is 10.1. The maximum atomic E-state index is 11.9. The number of hydrogen-bond acceptors (Lipinski definition) is 4. The van der Waals surface area contributed by atoms with E-state index in [0.717, 1.165) is 6.54 Å². The Morgan fingerprint density at radius 1 is 1.37 bits per heavy atom. The first-order chi connectivity index (χ1) is 8.93. The molecule has 0 aliphatic rings. The van der Waals surface area contributed by atoms with Crippen LogP contribution in [0.15, 0.2) is 18.5 Å². The number of nitrogens with one attached hydrogen (secondary N) is 1. The Bertz CT molecular complexity index is 410. The summed E-state index contributed by atoms with van der Waals surface area (Å²) in [5.41, 5.74) is 6.60. The average molecular weight is 264 g/mol. The minimum Gasteiger partial charge on any atom is -0.397 e. The van der Waals surface area contributed by atoms with E-state index in [0.29, 0.717) is 29.9 Å². The number of aromatic nitrogens is 1. The smallest absolute Gasteiger partial charge is 0.253 e. The molecule has 1 aromatic rings. The van der Waals surface area contributed by atoms with Crippen LogP contribution >= 0.6 is 0 Å². The standard InChI is InChI=1S/C14H24N4O/c1-10(2)18(11(3)4)8-7-17-14(19)12-5-6-16-9-13(12)15/h5-6,9-11H,7-8,15H2,1-4H3,(H,17,19). The molecule has 1 rings (SSSR count). The summed E-state index contributed by atoms with van der Waals surface area (Å²) >= 11 is 0. The van der Waals surface area contributed by atoms with Crippen LogP contribution in [0.2, 0.25) is 0 Å². The van der Waals surface area contributed by atoms with Crippen molar-refractivity contribution in [2.75, 3.05) is 18.8 Å². The summed E-state index contributed by atoms with van der Waals surface area (Å²) in [7, 11) is 0. The van der Waals surface area contributed by atoms with Gasteiger partial charge in [-0.15, -0.1) is 0 Å². The van der Waals surface area contributed by atoms with Gasteiger partial charge in [0.15, 0.2) is 0 Å². The van der Waals surface area contributed by atoms with Crippen molar-refractivity contribution >= 4 is 11.6 Å². The number of nitrogens with zero attached hydrogens (tertiary/aromatic N) is 2. The molecule has 106 valence electrons. The molecule has 0 bridgehead atoms. The molecular weight excluding hydrogens is 240 g/mol. The highest BCUT2D eigenvalue weighted by Crippen LogP contribution is 2.08. The maximum Gasteiger partial charge on any atom is 0.253 e. The molecule has 0 aliphatic heterocycles. The third-order valence-corrected chi connectivity index (χ3v) is 3.08. The third kappa shape index (κ3) is 4.52. The Balaban J connectivity index is 2.49. The Labute approximate surface area is 115 Å². The summed E-state index contributed by atoms with van der Waals surface area (Å²) in [5.74, 6) is -0.146. The summed E-state index contributed by atoms with van der Waals surface area (Å²) in [6, 6.07) is 2.55. The van der Waals surface area contributed by atoms with Crippen LogP contribution in [0, 0.1) is 0 Å². The highest BCUT2D eigenvalue weighted by molar-refractivity contribution is 5.98. The van der Waals surface area contributed by atoms with Gasteiger partial charge in [-0.25, -0.2) is 0 Å². The van der Waals surface area contributed by atoms with Gasteiger partial charge in [-0.1, -0.05) is 0 Å². The van der Waals surface area contributed by atoms with Gasteiger partial charge in [0.05, 0.1) is 17.4 Å². The zero-order chi connectivity index (χ0) is 14.4. The second kappa shape index (κ2) is 7.09. The number of carbonyl (C=O) groups excluding carboxylic acids is 1. The van der Waals surface area contributed by atoms with Crippen molar-refractivity contribution in [2.24, 2.45) is 0 Å². The van der Waals surface area contributed by atoms with Gasteiger partial charge in [0.2, 0.25) is 0 Å². The molecule has 0 saturated carbocycles. The van der Waals surface area contributed by atoms with E-state index in [1.807, 2.05) is 0 Å². The molecule has 0 radical (unpaired) electrons. The SMILES string of the molecule is CC(C)N(CCNC(=O)c1ccncc1N)C(C)C. The van der Waals surface area contributed by atoms with Gasteiger partial charge < -0.3 is 11.1 Å². The van der Waals surface area contributed by atoms with Crippen LogP contribution in [0.3, 0.4) is 0 Å². The normalized spacial score (nSPS) is 11.3. The van der Waals surface area contributed by atoms with E-state index in [9.17, 15) is 4.79 Å². The number of amides is 1. The Morgan fingerprint density at radius 3 is 2.53 bits per heavy atom. The van der Waals surface area contributed by atoms with Crippen molar-refractivity contribution in [3.63, 3.8) is 0 Å². The van der Waals surface area contributed by atoms with E-state index in [2.05, 4.69) is 42.9 Å². The van der Waals surface area contributed by atoms with Crippen molar-refractivity contribution in [2.45, 2.75) is 39.8 Å². The van der Waals surface area contributed by atoms with E-state index < -0.39 is 0 Å². The molecule has 1 heterocycles. The number of anilines is 1. The summed E-state index contributed by atoms with van der Waals surface area (Å²) in [5, 5.41) is 2.89. The lowest BCUT2D eigenvalue weighted by molar-refractivity contribution is 0.0940. The zero-order valence-electron chi connectivity index (χ0n) is 12.2. The lowest BCUT2D eigenvalue weighted by atomic mass is 10.2. The fraction of sp³-hybridized carbons (Fsp3) is 0.571. The van der Waals surface area contributed by atoms with Crippen LogP contribution in [0.5, 0.6) is 0 Å². The quantitative estimate of drug-likeness (QED) is 0.817. The number of pyridine rings is 1. The van der Waals surface area contributed by atoms with Gasteiger partial charge in [-0.05, 0) is 33.8 Å². The van der Waals surface area contributed by atoms with Crippen molar-refractivity contribution in [3.8, 4) is 0 Å². The van der Waals surface area contributed by atoms with E-state index in [1.54, 1.807) is 12.3 Å². The number of nitrogens with two attached hydrogens (primary N) is 1. The number of hydrogen-bond donors (Lipinski definition) is 2. The summed E-state index contributed by atoms with van der Waals surface area (Å²) < 4.78 is 0. The highest BCUT2D eigenvalue weighted by Gasteiger charge is 2.14. The minimum atomic E-state index is -0.146. The van der Waals surface area contributed by atoms with Gasteiger partial charge >= 0.3 is 0 Å². The first-order valence-corrected chi connectivity index (χ1v) is 6.67. The van der Waals surface area contributed by atoms with Crippen LogP contribution in [-0.2, 0) is 0 Å². The molecule has 3 N–H and O–H groups in total. The molecule has 0 atom stereocenters. The molecule has 0 saturated heterocycles. The molecule has 0 aliphatic carbocycles. The van der Waals surface area contributed by atoms with Crippen LogP contribution < -0.4 is 11.1 Å². The third-order valence-electron chi connectivity index (χ3n) is 3.08. The largest absolute Gasteiger partial charge is 0.397 e. The maximum absolute atomic E-state index is 11.9. The summed E-state index contributed by atoms with van der Waals surface area (Å²) in [6.07, 6.45) is 3.06. The molecule has 0 aromatic carbocycles. The van der Waals surface area contributed by atoms with Crippen LogP contribution in [0.4, 0.5) is 5.69 Å². The molecule has 0 spiro atoms. The highest BCUT2D eigenvalue weighted by atomic mass is 16.1. The number of nitrogen functional groups attached to an aromatic ring is 1. The lowest BCUT2D eigenvalue weighted by Gasteiger charge is -2.30. The van der Waals surface area contributed by atoms with Crippen molar-refractivity contribution in [3.05, 3.63) is 24.0 Å². The Kier molecular flexibility index (Phi) is 5.76. The predicted octanol–water partition coefficient (Wildman–Crippen LogP) is 1.51. The van der Waals surface area contributed by atoms with Crippen molar-refractivity contribution < 1.29 is 4.79 Å². The topological polar surface area (TPSA) is 71.2 Å².